The van der Waals surface area contributed by atoms with E-state index < -0.39 is 0 Å². The third kappa shape index (κ3) is 4.13. The number of ether oxygens (including phenoxy) is 1. The average Bonchev–Trinajstić information content (AvgIpc) is 2.64. The van der Waals surface area contributed by atoms with Crippen molar-refractivity contribution < 1.29 is 9.53 Å². The fourth-order valence-electron chi connectivity index (χ4n) is 1.03. The lowest BCUT2D eigenvalue weighted by molar-refractivity contribution is -0.138. The fourth-order valence-corrected chi connectivity index (χ4v) is 1.03. The molecule has 0 atom stereocenters. The summed E-state index contributed by atoms with van der Waals surface area (Å²) in [6, 6.07) is 8.01. The molecule has 0 radical (unpaired) electrons. The molecule has 0 bridgehead atoms. The Morgan fingerprint density at radius 3 is 2.50 bits per heavy atom. The molecule has 86 valence electrons. The highest BCUT2D eigenvalue weighted by atomic mass is 16.5. The summed E-state index contributed by atoms with van der Waals surface area (Å²) < 4.78 is 4.55. The zero-order valence-corrected chi connectivity index (χ0v) is 9.73. The van der Waals surface area contributed by atoms with Crippen molar-refractivity contribution in [3.05, 3.63) is 30.5 Å². The van der Waals surface area contributed by atoms with Crippen LogP contribution in [0.1, 0.15) is 20.8 Å². The van der Waals surface area contributed by atoms with Crippen LogP contribution >= 0.6 is 0 Å². The molecule has 1 aromatic heterocycles. The van der Waals surface area contributed by atoms with Gasteiger partial charge in [-0.25, -0.2) is 0 Å². The van der Waals surface area contributed by atoms with Gasteiger partial charge in [-0.3, -0.25) is 9.89 Å². The minimum atomic E-state index is -0.318. The van der Waals surface area contributed by atoms with Gasteiger partial charge in [0.25, 0.3) is 6.47 Å². The van der Waals surface area contributed by atoms with Gasteiger partial charge in [-0.05, 0) is 26.8 Å². The molecule has 4 nitrogen and oxygen atoms in total. The first kappa shape index (κ1) is 12.2. The van der Waals surface area contributed by atoms with Crippen molar-refractivity contribution >= 4 is 17.4 Å². The zero-order chi connectivity index (χ0) is 12.0. The second-order valence-electron chi connectivity index (χ2n) is 4.28. The number of H-pyrrole nitrogens is 1. The van der Waals surface area contributed by atoms with Crippen LogP contribution in [-0.4, -0.2) is 22.3 Å². The number of carbonyl (C=O) groups is 1. The van der Waals surface area contributed by atoms with E-state index in [1.807, 2.05) is 51.2 Å². The zero-order valence-electron chi connectivity index (χ0n) is 9.73. The third-order valence-corrected chi connectivity index (χ3v) is 1.75. The molecule has 2 aromatic rings. The van der Waals surface area contributed by atoms with Crippen LogP contribution < -0.4 is 0 Å². The number of rotatable bonds is 1. The van der Waals surface area contributed by atoms with Crippen LogP contribution in [0.15, 0.2) is 30.5 Å². The van der Waals surface area contributed by atoms with E-state index in [1.165, 1.54) is 0 Å². The van der Waals surface area contributed by atoms with Gasteiger partial charge >= 0.3 is 0 Å². The molecule has 0 aliphatic heterocycles. The van der Waals surface area contributed by atoms with Gasteiger partial charge in [-0.15, -0.1) is 0 Å². The van der Waals surface area contributed by atoms with E-state index in [2.05, 4.69) is 14.9 Å². The standard InChI is InChI=1S/C7H6N2.C5H10O2/c1-2-4-7-6(3-1)5-8-9-7;1-5(2,3)7-4-6/h1-5H,(H,8,9);4H,1-3H3. The number of nitrogens with zero attached hydrogens (tertiary/aromatic N) is 1. The van der Waals surface area contributed by atoms with E-state index >= 15 is 0 Å². The van der Waals surface area contributed by atoms with Crippen molar-refractivity contribution in [1.29, 1.82) is 0 Å². The van der Waals surface area contributed by atoms with Crippen LogP contribution in [0.3, 0.4) is 0 Å². The minimum absolute atomic E-state index is 0.318. The molecule has 1 heterocycles. The first-order chi connectivity index (χ1) is 7.53. The van der Waals surface area contributed by atoms with E-state index in [0.29, 0.717) is 6.47 Å². The topological polar surface area (TPSA) is 55.0 Å². The molecule has 0 saturated heterocycles. The summed E-state index contributed by atoms with van der Waals surface area (Å²) in [5.41, 5.74) is 0.777. The molecule has 4 heteroatoms. The number of fused-ring (bicyclic) bond motifs is 1. The van der Waals surface area contributed by atoms with E-state index in [0.717, 1.165) is 10.9 Å². The summed E-state index contributed by atoms with van der Waals surface area (Å²) >= 11 is 0. The number of benzene rings is 1. The van der Waals surface area contributed by atoms with Gasteiger partial charge < -0.3 is 4.74 Å². The second-order valence-corrected chi connectivity index (χ2v) is 4.28. The Labute approximate surface area is 94.6 Å². The van der Waals surface area contributed by atoms with Gasteiger partial charge in [-0.1, -0.05) is 18.2 Å². The van der Waals surface area contributed by atoms with Crippen molar-refractivity contribution in [3.8, 4) is 0 Å². The summed E-state index contributed by atoms with van der Waals surface area (Å²) in [6.07, 6.45) is 1.81. The van der Waals surface area contributed by atoms with Crippen molar-refractivity contribution in [2.45, 2.75) is 26.4 Å². The van der Waals surface area contributed by atoms with Crippen molar-refractivity contribution in [3.63, 3.8) is 0 Å². The largest absolute Gasteiger partial charge is 0.462 e. The second kappa shape index (κ2) is 5.30. The van der Waals surface area contributed by atoms with Gasteiger partial charge in [0.15, 0.2) is 0 Å². The fraction of sp³-hybridized carbons (Fsp3) is 0.333. The molecule has 1 aromatic carbocycles. The molecule has 0 fully saturated rings. The Hall–Kier alpha value is -1.84. The Balaban J connectivity index is 0.000000168. The lowest BCUT2D eigenvalue weighted by Crippen LogP contribution is -2.17. The van der Waals surface area contributed by atoms with Crippen LogP contribution in [0.4, 0.5) is 0 Å². The lowest BCUT2D eigenvalue weighted by atomic mass is 10.2. The number of aromatic nitrogens is 2. The summed E-state index contributed by atoms with van der Waals surface area (Å²) in [5.74, 6) is 0. The third-order valence-electron chi connectivity index (χ3n) is 1.75. The molecule has 1 N–H and O–H groups in total. The Morgan fingerprint density at radius 2 is 2.00 bits per heavy atom. The quantitative estimate of drug-likeness (QED) is 0.751. The molecule has 0 aliphatic carbocycles. The van der Waals surface area contributed by atoms with E-state index in [9.17, 15) is 4.79 Å². The van der Waals surface area contributed by atoms with Crippen molar-refractivity contribution in [2.75, 3.05) is 0 Å². The van der Waals surface area contributed by atoms with E-state index in [-0.39, 0.29) is 5.60 Å². The number of aromatic amines is 1. The van der Waals surface area contributed by atoms with Crippen LogP contribution in [-0.2, 0) is 9.53 Å². The molecule has 0 aliphatic rings. The van der Waals surface area contributed by atoms with Crippen LogP contribution in [0, 0.1) is 0 Å². The Morgan fingerprint density at radius 1 is 1.31 bits per heavy atom. The predicted octanol–water partition coefficient (Wildman–Crippen LogP) is 2.52. The predicted molar refractivity (Wildman–Crippen MR) is 63.0 cm³/mol. The van der Waals surface area contributed by atoms with Crippen molar-refractivity contribution in [2.24, 2.45) is 0 Å². The molecular formula is C12H16N2O2. The highest BCUT2D eigenvalue weighted by molar-refractivity contribution is 5.77. The van der Waals surface area contributed by atoms with E-state index in [4.69, 9.17) is 0 Å². The smallest absolute Gasteiger partial charge is 0.293 e. The number of hydrogen-bond donors (Lipinski definition) is 1. The maximum atomic E-state index is 9.60. The average molecular weight is 220 g/mol. The highest BCUT2D eigenvalue weighted by Gasteiger charge is 2.07. The molecule has 0 saturated carbocycles. The summed E-state index contributed by atoms with van der Waals surface area (Å²) in [7, 11) is 0. The monoisotopic (exact) mass is 220 g/mol. The summed E-state index contributed by atoms with van der Waals surface area (Å²) in [4.78, 5) is 9.60. The number of para-hydroxylation sites is 1. The first-order valence-electron chi connectivity index (χ1n) is 5.02. The van der Waals surface area contributed by atoms with Crippen LogP contribution in [0.5, 0.6) is 0 Å². The Bertz CT molecular complexity index is 413. The normalized spacial score (nSPS) is 10.4. The number of hydrogen-bond acceptors (Lipinski definition) is 3. The molecule has 16 heavy (non-hydrogen) atoms. The van der Waals surface area contributed by atoms with Crippen LogP contribution in [0.2, 0.25) is 0 Å². The van der Waals surface area contributed by atoms with Gasteiger partial charge in [0, 0.05) is 5.39 Å². The summed E-state index contributed by atoms with van der Waals surface area (Å²) in [5, 5.41) is 7.91. The van der Waals surface area contributed by atoms with Gasteiger partial charge in [0.1, 0.15) is 5.60 Å². The number of nitrogens with one attached hydrogen (secondary N) is 1. The first-order valence-corrected chi connectivity index (χ1v) is 5.02. The number of carbonyl (C=O) groups excluding carboxylic acids is 1. The maximum Gasteiger partial charge on any atom is 0.293 e. The highest BCUT2D eigenvalue weighted by Crippen LogP contribution is 2.07. The van der Waals surface area contributed by atoms with Gasteiger partial charge in [0.2, 0.25) is 0 Å². The lowest BCUT2D eigenvalue weighted by Gasteiger charge is -2.14. The minimum Gasteiger partial charge on any atom is -0.462 e. The van der Waals surface area contributed by atoms with Crippen LogP contribution in [0.25, 0.3) is 10.9 Å². The van der Waals surface area contributed by atoms with Gasteiger partial charge in [0.05, 0.1) is 11.7 Å². The van der Waals surface area contributed by atoms with Crippen molar-refractivity contribution in [1.82, 2.24) is 10.2 Å². The van der Waals surface area contributed by atoms with E-state index in [1.54, 1.807) is 0 Å². The molecule has 0 spiro atoms. The summed E-state index contributed by atoms with van der Waals surface area (Å²) in [6.45, 7) is 5.92. The molecule has 0 unspecified atom stereocenters. The SMILES string of the molecule is CC(C)(C)OC=O.c1ccc2[nH]ncc2c1. The molecular weight excluding hydrogens is 204 g/mol. The Kier molecular flexibility index (Phi) is 4.05. The maximum absolute atomic E-state index is 9.60. The molecule has 0 amide bonds. The molecule has 2 rings (SSSR count). The van der Waals surface area contributed by atoms with Gasteiger partial charge in [-0.2, -0.15) is 5.10 Å².